The Kier molecular flexibility index (Phi) is 4.63. The molecular weight excluding hydrogens is 273 g/mol. The molecule has 0 fully saturated rings. The average molecular weight is 291 g/mol. The summed E-state index contributed by atoms with van der Waals surface area (Å²) >= 11 is 9.47. The maximum absolute atomic E-state index is 5.95. The smallest absolute Gasteiger partial charge is 0.0410 e. The predicted octanol–water partition coefficient (Wildman–Crippen LogP) is 4.38. The van der Waals surface area contributed by atoms with Crippen molar-refractivity contribution in [1.82, 2.24) is 5.32 Å². The summed E-state index contributed by atoms with van der Waals surface area (Å²) in [7, 11) is 0. The monoisotopic (exact) mass is 289 g/mol. The third-order valence-electron chi connectivity index (χ3n) is 2.65. The molecule has 0 aromatic heterocycles. The number of hydrogen-bond donors (Lipinski definition) is 1. The fraction of sp³-hybridized carbons (Fsp3) is 0.500. The molecule has 0 amide bonds. The van der Waals surface area contributed by atoms with E-state index in [1.165, 1.54) is 5.56 Å². The van der Waals surface area contributed by atoms with E-state index in [9.17, 15) is 0 Å². The highest BCUT2D eigenvalue weighted by Gasteiger charge is 2.14. The Hall–Kier alpha value is -0.0500. The number of hydrogen-bond acceptors (Lipinski definition) is 1. The van der Waals surface area contributed by atoms with E-state index in [1.807, 2.05) is 18.2 Å². The molecule has 0 saturated heterocycles. The Balaban J connectivity index is 2.69. The molecule has 0 saturated carbocycles. The van der Waals surface area contributed by atoms with Gasteiger partial charge in [0.05, 0.1) is 0 Å². The van der Waals surface area contributed by atoms with Gasteiger partial charge in [-0.3, -0.25) is 0 Å². The van der Waals surface area contributed by atoms with Gasteiger partial charge in [-0.2, -0.15) is 0 Å². The molecule has 0 unspecified atom stereocenters. The minimum atomic E-state index is 0.168. The number of nitrogens with one attached hydrogen (secondary N) is 1. The quantitative estimate of drug-likeness (QED) is 0.867. The minimum absolute atomic E-state index is 0.168. The topological polar surface area (TPSA) is 12.0 Å². The highest BCUT2D eigenvalue weighted by molar-refractivity contribution is 9.10. The first-order valence-corrected chi connectivity index (χ1v) is 6.30. The first-order chi connectivity index (χ1) is 6.94. The van der Waals surface area contributed by atoms with E-state index in [0.717, 1.165) is 22.5 Å². The van der Waals surface area contributed by atoms with E-state index in [-0.39, 0.29) is 5.54 Å². The van der Waals surface area contributed by atoms with Crippen LogP contribution in [0.1, 0.15) is 32.8 Å². The first-order valence-electron chi connectivity index (χ1n) is 5.13. The van der Waals surface area contributed by atoms with Gasteiger partial charge in [0, 0.05) is 21.6 Å². The van der Waals surface area contributed by atoms with Gasteiger partial charge in [-0.05, 0) is 44.0 Å². The summed E-state index contributed by atoms with van der Waals surface area (Å²) in [5.74, 6) is 0. The Morgan fingerprint density at radius 3 is 2.67 bits per heavy atom. The van der Waals surface area contributed by atoms with Crippen molar-refractivity contribution < 1.29 is 0 Å². The zero-order valence-electron chi connectivity index (χ0n) is 9.40. The molecule has 0 aliphatic rings. The van der Waals surface area contributed by atoms with Crippen LogP contribution in [0.3, 0.4) is 0 Å². The van der Waals surface area contributed by atoms with Gasteiger partial charge >= 0.3 is 0 Å². The molecular formula is C12H17BrClN. The molecule has 1 aromatic carbocycles. The number of halogens is 2. The molecule has 1 nitrogen and oxygen atoms in total. The molecule has 3 heteroatoms. The summed E-state index contributed by atoms with van der Waals surface area (Å²) in [5, 5.41) is 4.29. The summed E-state index contributed by atoms with van der Waals surface area (Å²) in [6.45, 7) is 7.42. The first kappa shape index (κ1) is 13.0. The average Bonchev–Trinajstić information content (AvgIpc) is 2.20. The van der Waals surface area contributed by atoms with Crippen molar-refractivity contribution in [3.05, 3.63) is 33.3 Å². The highest BCUT2D eigenvalue weighted by atomic mass is 79.9. The van der Waals surface area contributed by atoms with Crippen LogP contribution in [0.25, 0.3) is 0 Å². The van der Waals surface area contributed by atoms with Gasteiger partial charge in [0.25, 0.3) is 0 Å². The molecule has 0 bridgehead atoms. The second-order valence-corrected chi connectivity index (χ2v) is 5.62. The van der Waals surface area contributed by atoms with Crippen LogP contribution in [0.2, 0.25) is 5.02 Å². The van der Waals surface area contributed by atoms with E-state index in [2.05, 4.69) is 42.0 Å². The van der Waals surface area contributed by atoms with E-state index >= 15 is 0 Å². The van der Waals surface area contributed by atoms with Crippen molar-refractivity contribution in [2.24, 2.45) is 0 Å². The van der Waals surface area contributed by atoms with Crippen molar-refractivity contribution in [3.63, 3.8) is 0 Å². The maximum atomic E-state index is 5.95. The van der Waals surface area contributed by atoms with Crippen LogP contribution in [-0.4, -0.2) is 5.54 Å². The second kappa shape index (κ2) is 5.33. The Bertz CT molecular complexity index is 336. The fourth-order valence-corrected chi connectivity index (χ4v) is 1.72. The molecule has 1 N–H and O–H groups in total. The number of benzene rings is 1. The number of rotatable bonds is 4. The molecule has 1 aromatic rings. The summed E-state index contributed by atoms with van der Waals surface area (Å²) in [4.78, 5) is 0. The molecule has 0 spiro atoms. The van der Waals surface area contributed by atoms with E-state index in [0.29, 0.717) is 0 Å². The third-order valence-corrected chi connectivity index (χ3v) is 3.66. The van der Waals surface area contributed by atoms with Crippen LogP contribution in [-0.2, 0) is 6.54 Å². The van der Waals surface area contributed by atoms with E-state index in [4.69, 9.17) is 11.6 Å². The zero-order valence-corrected chi connectivity index (χ0v) is 11.7. The lowest BCUT2D eigenvalue weighted by atomic mass is 10.0. The lowest BCUT2D eigenvalue weighted by Crippen LogP contribution is -2.37. The van der Waals surface area contributed by atoms with E-state index < -0.39 is 0 Å². The molecule has 15 heavy (non-hydrogen) atoms. The van der Waals surface area contributed by atoms with Crippen LogP contribution in [0.15, 0.2) is 22.7 Å². The molecule has 0 aliphatic carbocycles. The standard InChI is InChI=1S/C12H17BrClN/c1-4-12(2,3)15-8-9-7-10(14)5-6-11(9)13/h5-7,15H,4,8H2,1-3H3. The van der Waals surface area contributed by atoms with Gasteiger partial charge in [-0.25, -0.2) is 0 Å². The summed E-state index contributed by atoms with van der Waals surface area (Å²) in [5.41, 5.74) is 1.37. The van der Waals surface area contributed by atoms with Crippen molar-refractivity contribution in [1.29, 1.82) is 0 Å². The van der Waals surface area contributed by atoms with Gasteiger partial charge in [0.15, 0.2) is 0 Å². The van der Waals surface area contributed by atoms with Crippen molar-refractivity contribution in [3.8, 4) is 0 Å². The SMILES string of the molecule is CCC(C)(C)NCc1cc(Cl)ccc1Br. The molecule has 0 aliphatic heterocycles. The molecule has 0 atom stereocenters. The van der Waals surface area contributed by atoms with Crippen molar-refractivity contribution in [2.75, 3.05) is 0 Å². The lowest BCUT2D eigenvalue weighted by molar-refractivity contribution is 0.374. The van der Waals surface area contributed by atoms with Crippen molar-refractivity contribution >= 4 is 27.5 Å². The minimum Gasteiger partial charge on any atom is -0.308 e. The fourth-order valence-electron chi connectivity index (χ4n) is 1.14. The molecule has 84 valence electrons. The molecule has 1 rings (SSSR count). The third kappa shape index (κ3) is 4.13. The Morgan fingerprint density at radius 1 is 1.40 bits per heavy atom. The highest BCUT2D eigenvalue weighted by Crippen LogP contribution is 2.21. The maximum Gasteiger partial charge on any atom is 0.0410 e. The predicted molar refractivity (Wildman–Crippen MR) is 70.4 cm³/mol. The normalized spacial score (nSPS) is 11.8. The van der Waals surface area contributed by atoms with Crippen molar-refractivity contribution in [2.45, 2.75) is 39.3 Å². The molecule has 0 heterocycles. The van der Waals surface area contributed by atoms with Gasteiger partial charge in [0.2, 0.25) is 0 Å². The van der Waals surface area contributed by atoms with Gasteiger partial charge in [-0.15, -0.1) is 0 Å². The Labute approximate surface area is 105 Å². The van der Waals surface area contributed by atoms with Crippen LogP contribution >= 0.6 is 27.5 Å². The lowest BCUT2D eigenvalue weighted by Gasteiger charge is -2.25. The van der Waals surface area contributed by atoms with Gasteiger partial charge in [0.1, 0.15) is 0 Å². The largest absolute Gasteiger partial charge is 0.308 e. The Morgan fingerprint density at radius 2 is 2.07 bits per heavy atom. The van der Waals surface area contributed by atoms with E-state index in [1.54, 1.807) is 0 Å². The van der Waals surface area contributed by atoms with Crippen LogP contribution < -0.4 is 5.32 Å². The van der Waals surface area contributed by atoms with Gasteiger partial charge < -0.3 is 5.32 Å². The van der Waals surface area contributed by atoms with Crippen LogP contribution in [0.5, 0.6) is 0 Å². The second-order valence-electron chi connectivity index (χ2n) is 4.33. The van der Waals surface area contributed by atoms with Crippen LogP contribution in [0.4, 0.5) is 0 Å². The van der Waals surface area contributed by atoms with Gasteiger partial charge in [-0.1, -0.05) is 34.5 Å². The van der Waals surface area contributed by atoms with Crippen LogP contribution in [0, 0.1) is 0 Å². The summed E-state index contributed by atoms with van der Waals surface area (Å²) < 4.78 is 1.10. The zero-order chi connectivity index (χ0) is 11.5. The molecule has 0 radical (unpaired) electrons. The summed E-state index contributed by atoms with van der Waals surface area (Å²) in [6.07, 6.45) is 1.10. The summed E-state index contributed by atoms with van der Waals surface area (Å²) in [6, 6.07) is 5.86.